The van der Waals surface area contributed by atoms with Gasteiger partial charge in [0.1, 0.15) is 17.2 Å². The van der Waals surface area contributed by atoms with Gasteiger partial charge in [-0.1, -0.05) is 11.6 Å². The molecule has 0 unspecified atom stereocenters. The van der Waals surface area contributed by atoms with Crippen molar-refractivity contribution in [3.63, 3.8) is 0 Å². The summed E-state index contributed by atoms with van der Waals surface area (Å²) in [5.41, 5.74) is 0.0261. The summed E-state index contributed by atoms with van der Waals surface area (Å²) in [5.74, 6) is 0.569. The molecule has 12 heteroatoms. The smallest absolute Gasteiger partial charge is 0.276 e. The predicted octanol–water partition coefficient (Wildman–Crippen LogP) is 5.68. The van der Waals surface area contributed by atoms with Crippen LogP contribution in [0.4, 0.5) is 11.4 Å². The van der Waals surface area contributed by atoms with E-state index >= 15 is 0 Å². The van der Waals surface area contributed by atoms with Crippen molar-refractivity contribution in [1.29, 1.82) is 0 Å². The topological polar surface area (TPSA) is 121 Å². The molecule has 0 spiro atoms. The molecule has 4 aromatic rings. The van der Waals surface area contributed by atoms with Crippen LogP contribution in [0.5, 0.6) is 17.2 Å². The Bertz CT molecular complexity index is 1350. The number of amides is 1. The van der Waals surface area contributed by atoms with Gasteiger partial charge in [0.25, 0.3) is 11.6 Å². The van der Waals surface area contributed by atoms with Gasteiger partial charge in [-0.3, -0.25) is 19.9 Å². The molecule has 2 aromatic heterocycles. The van der Waals surface area contributed by atoms with E-state index < -0.39 is 10.8 Å². The number of hydrogen-bond acceptors (Lipinski definition) is 7. The van der Waals surface area contributed by atoms with E-state index in [1.54, 1.807) is 42.7 Å². The number of benzene rings is 2. The lowest BCUT2D eigenvalue weighted by molar-refractivity contribution is -0.384. The monoisotopic (exact) mass is 543 g/mol. The molecule has 4 rings (SSSR count). The molecule has 0 saturated carbocycles. The molecule has 0 bridgehead atoms. The summed E-state index contributed by atoms with van der Waals surface area (Å²) in [4.78, 5) is 27.4. The highest BCUT2D eigenvalue weighted by atomic mass is 79.9. The van der Waals surface area contributed by atoms with Crippen LogP contribution in [0.2, 0.25) is 5.02 Å². The summed E-state index contributed by atoms with van der Waals surface area (Å²) >= 11 is 9.28. The Hall–Kier alpha value is -3.96. The molecule has 2 heterocycles. The largest absolute Gasteiger partial charge is 0.470 e. The summed E-state index contributed by atoms with van der Waals surface area (Å²) in [6.07, 6.45) is 4.61. The molecule has 172 valence electrons. The Kier molecular flexibility index (Phi) is 7.04. The van der Waals surface area contributed by atoms with E-state index in [1.807, 2.05) is 0 Å². The number of carbonyl (C=O) groups excluding carboxylic acids is 1. The lowest BCUT2D eigenvalue weighted by atomic mass is 10.2. The van der Waals surface area contributed by atoms with E-state index in [2.05, 4.69) is 31.3 Å². The number of nitro benzene ring substituents is 1. The fraction of sp³-hybridized carbons (Fsp3) is 0.0455. The van der Waals surface area contributed by atoms with Crippen LogP contribution < -0.4 is 14.8 Å². The third kappa shape index (κ3) is 5.88. The number of ether oxygens (including phenoxy) is 2. The van der Waals surface area contributed by atoms with Crippen molar-refractivity contribution in [1.82, 2.24) is 14.8 Å². The van der Waals surface area contributed by atoms with Crippen molar-refractivity contribution in [3.05, 3.63) is 98.5 Å². The zero-order valence-electron chi connectivity index (χ0n) is 17.2. The van der Waals surface area contributed by atoms with Crippen LogP contribution in [-0.4, -0.2) is 25.6 Å². The number of pyridine rings is 1. The first-order chi connectivity index (χ1) is 16.4. The SMILES string of the molecule is O=C(Nc1cc(Oc2cccnc2)cc([N+](=O)[O-])c1)c1ccn(COc2ccc(Cl)cc2Br)n1. The Morgan fingerprint density at radius 2 is 2.03 bits per heavy atom. The van der Waals surface area contributed by atoms with Gasteiger partial charge in [0.15, 0.2) is 12.4 Å². The second kappa shape index (κ2) is 10.3. The van der Waals surface area contributed by atoms with Gasteiger partial charge >= 0.3 is 0 Å². The number of anilines is 1. The number of nitrogens with zero attached hydrogens (tertiary/aromatic N) is 4. The Labute approximate surface area is 206 Å². The van der Waals surface area contributed by atoms with Crippen molar-refractivity contribution in [3.8, 4) is 17.2 Å². The number of nitro groups is 1. The fourth-order valence-electron chi connectivity index (χ4n) is 2.84. The quantitative estimate of drug-likeness (QED) is 0.224. The van der Waals surface area contributed by atoms with Gasteiger partial charge in [0.2, 0.25) is 0 Å². The van der Waals surface area contributed by atoms with Crippen molar-refractivity contribution in [2.24, 2.45) is 0 Å². The maximum absolute atomic E-state index is 12.7. The van der Waals surface area contributed by atoms with Crippen LogP contribution in [-0.2, 0) is 6.73 Å². The van der Waals surface area contributed by atoms with E-state index in [1.165, 1.54) is 35.1 Å². The first-order valence-corrected chi connectivity index (χ1v) is 10.8. The minimum atomic E-state index is -0.577. The summed E-state index contributed by atoms with van der Waals surface area (Å²) in [7, 11) is 0. The Morgan fingerprint density at radius 1 is 1.18 bits per heavy atom. The second-order valence-electron chi connectivity index (χ2n) is 6.81. The third-order valence-corrected chi connectivity index (χ3v) is 5.20. The van der Waals surface area contributed by atoms with E-state index in [-0.39, 0.29) is 29.5 Å². The molecule has 2 aromatic carbocycles. The van der Waals surface area contributed by atoms with Crippen LogP contribution in [0.1, 0.15) is 10.5 Å². The molecule has 1 N–H and O–H groups in total. The van der Waals surface area contributed by atoms with Gasteiger partial charge < -0.3 is 14.8 Å². The molecule has 0 aliphatic heterocycles. The van der Waals surface area contributed by atoms with E-state index in [0.717, 1.165) is 0 Å². The molecule has 0 radical (unpaired) electrons. The van der Waals surface area contributed by atoms with Crippen LogP contribution >= 0.6 is 27.5 Å². The average Bonchev–Trinajstić information content (AvgIpc) is 3.28. The number of hydrogen-bond donors (Lipinski definition) is 1. The normalized spacial score (nSPS) is 10.5. The minimum Gasteiger partial charge on any atom is -0.470 e. The van der Waals surface area contributed by atoms with Crippen molar-refractivity contribution in [2.75, 3.05) is 5.32 Å². The van der Waals surface area contributed by atoms with Gasteiger partial charge in [-0.15, -0.1) is 0 Å². The first-order valence-electron chi connectivity index (χ1n) is 9.67. The summed E-state index contributed by atoms with van der Waals surface area (Å²) < 4.78 is 13.4. The highest BCUT2D eigenvalue weighted by Crippen LogP contribution is 2.30. The van der Waals surface area contributed by atoms with Crippen molar-refractivity contribution in [2.45, 2.75) is 6.73 Å². The summed E-state index contributed by atoms with van der Waals surface area (Å²) in [5, 5.41) is 18.7. The number of non-ortho nitro benzene ring substituents is 1. The lowest BCUT2D eigenvalue weighted by Crippen LogP contribution is -2.14. The molecule has 34 heavy (non-hydrogen) atoms. The second-order valence-corrected chi connectivity index (χ2v) is 8.10. The molecular weight excluding hydrogens is 530 g/mol. The zero-order chi connectivity index (χ0) is 24.1. The Balaban J connectivity index is 1.45. The van der Waals surface area contributed by atoms with Crippen LogP contribution in [0, 0.1) is 10.1 Å². The highest BCUT2D eigenvalue weighted by Gasteiger charge is 2.16. The minimum absolute atomic E-state index is 0.0490. The van der Waals surface area contributed by atoms with Gasteiger partial charge in [0.05, 0.1) is 27.3 Å². The zero-order valence-corrected chi connectivity index (χ0v) is 19.6. The predicted molar refractivity (Wildman–Crippen MR) is 127 cm³/mol. The van der Waals surface area contributed by atoms with Gasteiger partial charge in [-0.2, -0.15) is 5.10 Å². The van der Waals surface area contributed by atoms with Crippen molar-refractivity contribution < 1.29 is 19.2 Å². The molecule has 0 atom stereocenters. The van der Waals surface area contributed by atoms with E-state index in [9.17, 15) is 14.9 Å². The molecule has 0 aliphatic rings. The van der Waals surface area contributed by atoms with Gasteiger partial charge in [-0.05, 0) is 52.3 Å². The number of carbonyl (C=O) groups is 1. The molecule has 10 nitrogen and oxygen atoms in total. The van der Waals surface area contributed by atoms with Gasteiger partial charge in [-0.25, -0.2) is 4.68 Å². The third-order valence-electron chi connectivity index (χ3n) is 4.35. The standard InChI is InChI=1S/C22H15BrClN5O5/c23-19-8-14(24)3-4-21(19)33-13-28-7-5-20(27-28)22(30)26-15-9-16(29(31)32)11-18(10-15)34-17-2-1-6-25-12-17/h1-12H,13H2,(H,26,30). The van der Waals surface area contributed by atoms with Gasteiger partial charge in [0, 0.05) is 29.5 Å². The maximum atomic E-state index is 12.7. The number of nitrogens with one attached hydrogen (secondary N) is 1. The average molecular weight is 545 g/mol. The van der Waals surface area contributed by atoms with E-state index in [4.69, 9.17) is 21.1 Å². The van der Waals surface area contributed by atoms with Crippen LogP contribution in [0.3, 0.4) is 0 Å². The van der Waals surface area contributed by atoms with Crippen LogP contribution in [0.15, 0.2) is 77.7 Å². The van der Waals surface area contributed by atoms with E-state index in [0.29, 0.717) is 21.0 Å². The number of aromatic nitrogens is 3. The molecule has 0 aliphatic carbocycles. The Morgan fingerprint density at radius 3 is 2.76 bits per heavy atom. The molecular formula is C22H15BrClN5O5. The number of rotatable bonds is 8. The molecule has 0 saturated heterocycles. The molecule has 1 amide bonds. The van der Waals surface area contributed by atoms with Crippen LogP contribution in [0.25, 0.3) is 0 Å². The van der Waals surface area contributed by atoms with Crippen molar-refractivity contribution >= 4 is 44.8 Å². The first kappa shape index (κ1) is 23.2. The summed E-state index contributed by atoms with van der Waals surface area (Å²) in [6, 6.07) is 13.9. The number of halogens is 2. The summed E-state index contributed by atoms with van der Waals surface area (Å²) in [6.45, 7) is 0.0490. The highest BCUT2D eigenvalue weighted by molar-refractivity contribution is 9.10. The maximum Gasteiger partial charge on any atom is 0.276 e. The lowest BCUT2D eigenvalue weighted by Gasteiger charge is -2.09. The fourth-order valence-corrected chi connectivity index (χ4v) is 3.64. The molecule has 0 fully saturated rings.